The number of hydrogen-bond acceptors (Lipinski definition) is 3. The number of likely N-dealkylation sites (tertiary alicyclic amines) is 1. The Bertz CT molecular complexity index is 1020. The Labute approximate surface area is 151 Å². The van der Waals surface area contributed by atoms with Crippen LogP contribution in [0.4, 0.5) is 0 Å². The first kappa shape index (κ1) is 16.5. The third kappa shape index (κ3) is 2.90. The Hall–Kier alpha value is -2.95. The first-order chi connectivity index (χ1) is 12.6. The topological polar surface area (TPSA) is 55.2 Å². The Morgan fingerprint density at radius 3 is 2.38 bits per heavy atom. The fraction of sp³-hybridized carbons (Fsp3) is 0.286. The minimum Gasteiger partial charge on any atom is -0.339 e. The van der Waals surface area contributed by atoms with Gasteiger partial charge in [0.25, 0.3) is 11.5 Å². The molecule has 2 aromatic carbocycles. The molecule has 0 unspecified atom stereocenters. The lowest BCUT2D eigenvalue weighted by Gasteiger charge is -2.26. The van der Waals surface area contributed by atoms with E-state index in [9.17, 15) is 9.59 Å². The van der Waals surface area contributed by atoms with Crippen molar-refractivity contribution in [2.24, 2.45) is 7.05 Å². The molecular formula is C21H21N3O2. The summed E-state index contributed by atoms with van der Waals surface area (Å²) in [5.41, 5.74) is 3.23. The van der Waals surface area contributed by atoms with Gasteiger partial charge in [-0.05, 0) is 43.5 Å². The number of fused-ring (bicyclic) bond motifs is 1. The molecule has 3 aromatic rings. The summed E-state index contributed by atoms with van der Waals surface area (Å²) >= 11 is 0. The quantitative estimate of drug-likeness (QED) is 0.715. The number of rotatable bonds is 2. The zero-order valence-corrected chi connectivity index (χ0v) is 14.8. The van der Waals surface area contributed by atoms with E-state index in [-0.39, 0.29) is 11.5 Å². The van der Waals surface area contributed by atoms with Crippen LogP contribution in [0.2, 0.25) is 0 Å². The maximum atomic E-state index is 12.7. The normalized spacial score (nSPS) is 14.6. The van der Waals surface area contributed by atoms with E-state index in [2.05, 4.69) is 4.98 Å². The summed E-state index contributed by atoms with van der Waals surface area (Å²) in [6, 6.07) is 14.8. The highest BCUT2D eigenvalue weighted by molar-refractivity contribution is 5.94. The van der Waals surface area contributed by atoms with E-state index in [1.54, 1.807) is 23.7 Å². The summed E-state index contributed by atoms with van der Waals surface area (Å²) in [4.78, 5) is 31.7. The number of carbonyl (C=O) groups is 1. The van der Waals surface area contributed by atoms with E-state index in [4.69, 9.17) is 0 Å². The van der Waals surface area contributed by atoms with E-state index < -0.39 is 0 Å². The lowest BCUT2D eigenvalue weighted by atomic mass is 10.1. The van der Waals surface area contributed by atoms with Crippen molar-refractivity contribution in [2.75, 3.05) is 13.1 Å². The summed E-state index contributed by atoms with van der Waals surface area (Å²) in [5.74, 6) is 0.0654. The van der Waals surface area contributed by atoms with Crippen LogP contribution in [0.1, 0.15) is 29.6 Å². The molecule has 0 atom stereocenters. The van der Waals surface area contributed by atoms with Crippen LogP contribution < -0.4 is 5.56 Å². The predicted molar refractivity (Wildman–Crippen MR) is 102 cm³/mol. The largest absolute Gasteiger partial charge is 0.339 e. The molecule has 2 heterocycles. The van der Waals surface area contributed by atoms with Crippen LogP contribution in [0.15, 0.2) is 53.3 Å². The zero-order valence-electron chi connectivity index (χ0n) is 14.8. The molecule has 1 aliphatic heterocycles. The molecule has 1 aromatic heterocycles. The summed E-state index contributed by atoms with van der Waals surface area (Å²) in [7, 11) is 1.75. The number of aryl methyl sites for hydroxylation is 1. The third-order valence-corrected chi connectivity index (χ3v) is 5.03. The van der Waals surface area contributed by atoms with Crippen LogP contribution in [-0.4, -0.2) is 33.4 Å². The number of aromatic nitrogens is 2. The monoisotopic (exact) mass is 347 g/mol. The second-order valence-corrected chi connectivity index (χ2v) is 6.74. The van der Waals surface area contributed by atoms with Crippen LogP contribution in [0.5, 0.6) is 0 Å². The lowest BCUT2D eigenvalue weighted by Crippen LogP contribution is -2.35. The van der Waals surface area contributed by atoms with Crippen molar-refractivity contribution < 1.29 is 4.79 Å². The second kappa shape index (κ2) is 6.75. The van der Waals surface area contributed by atoms with Crippen molar-refractivity contribution >= 4 is 16.9 Å². The second-order valence-electron chi connectivity index (χ2n) is 6.74. The van der Waals surface area contributed by atoms with Gasteiger partial charge in [-0.1, -0.05) is 24.3 Å². The fourth-order valence-corrected chi connectivity index (χ4v) is 3.52. The van der Waals surface area contributed by atoms with E-state index in [0.717, 1.165) is 42.5 Å². The van der Waals surface area contributed by atoms with Gasteiger partial charge in [-0.3, -0.25) is 9.59 Å². The summed E-state index contributed by atoms with van der Waals surface area (Å²) in [6.07, 6.45) is 3.33. The number of carbonyl (C=O) groups excluding carboxylic acids is 1. The van der Waals surface area contributed by atoms with Gasteiger partial charge in [-0.25, -0.2) is 4.98 Å². The molecule has 0 bridgehead atoms. The van der Waals surface area contributed by atoms with E-state index in [1.165, 1.54) is 6.42 Å². The molecule has 1 aliphatic rings. The summed E-state index contributed by atoms with van der Waals surface area (Å²) in [6.45, 7) is 1.65. The minimum absolute atomic E-state index is 0.0654. The van der Waals surface area contributed by atoms with Crippen molar-refractivity contribution in [1.29, 1.82) is 0 Å². The highest BCUT2D eigenvalue weighted by Crippen LogP contribution is 2.19. The van der Waals surface area contributed by atoms with Gasteiger partial charge < -0.3 is 9.47 Å². The summed E-state index contributed by atoms with van der Waals surface area (Å²) in [5, 5.41) is 0. The number of piperidine rings is 1. The first-order valence-electron chi connectivity index (χ1n) is 9.00. The molecule has 132 valence electrons. The number of amides is 1. The number of nitrogens with zero attached hydrogens (tertiary/aromatic N) is 3. The lowest BCUT2D eigenvalue weighted by molar-refractivity contribution is 0.0724. The van der Waals surface area contributed by atoms with Crippen LogP contribution in [-0.2, 0) is 7.05 Å². The SMILES string of the molecule is Cn1c(=O)c(-c2ccc(C(=O)N3CCCCC3)cc2)nc2ccccc21. The molecule has 1 saturated heterocycles. The molecule has 1 fully saturated rings. The van der Waals surface area contributed by atoms with Gasteiger partial charge in [-0.15, -0.1) is 0 Å². The Balaban J connectivity index is 1.69. The van der Waals surface area contributed by atoms with Gasteiger partial charge in [0, 0.05) is 31.3 Å². The molecular weight excluding hydrogens is 326 g/mol. The zero-order chi connectivity index (χ0) is 18.1. The molecule has 26 heavy (non-hydrogen) atoms. The van der Waals surface area contributed by atoms with Gasteiger partial charge in [0.15, 0.2) is 0 Å². The molecule has 0 radical (unpaired) electrons. The maximum absolute atomic E-state index is 12.7. The molecule has 4 rings (SSSR count). The van der Waals surface area contributed by atoms with Crippen molar-refractivity contribution in [2.45, 2.75) is 19.3 Å². The number of hydrogen-bond donors (Lipinski definition) is 0. The van der Waals surface area contributed by atoms with Crippen LogP contribution in [0, 0.1) is 0 Å². The Morgan fingerprint density at radius 1 is 0.962 bits per heavy atom. The van der Waals surface area contributed by atoms with Gasteiger partial charge in [-0.2, -0.15) is 0 Å². The minimum atomic E-state index is -0.140. The van der Waals surface area contributed by atoms with Crippen molar-refractivity contribution in [1.82, 2.24) is 14.5 Å². The van der Waals surface area contributed by atoms with Crippen LogP contribution >= 0.6 is 0 Å². The molecule has 5 heteroatoms. The smallest absolute Gasteiger partial charge is 0.277 e. The van der Waals surface area contributed by atoms with Crippen molar-refractivity contribution in [3.05, 3.63) is 64.4 Å². The number of para-hydroxylation sites is 2. The van der Waals surface area contributed by atoms with Crippen molar-refractivity contribution in [3.63, 3.8) is 0 Å². The third-order valence-electron chi connectivity index (χ3n) is 5.03. The molecule has 5 nitrogen and oxygen atoms in total. The van der Waals surface area contributed by atoms with Crippen LogP contribution in [0.3, 0.4) is 0 Å². The van der Waals surface area contributed by atoms with Gasteiger partial charge in [0.2, 0.25) is 0 Å². The maximum Gasteiger partial charge on any atom is 0.277 e. The van der Waals surface area contributed by atoms with Crippen molar-refractivity contribution in [3.8, 4) is 11.3 Å². The molecule has 0 spiro atoms. The molecule has 1 amide bonds. The van der Waals surface area contributed by atoms with Gasteiger partial charge >= 0.3 is 0 Å². The predicted octanol–water partition coefficient (Wildman–Crippen LogP) is 3.23. The first-order valence-corrected chi connectivity index (χ1v) is 9.00. The fourth-order valence-electron chi connectivity index (χ4n) is 3.52. The molecule has 0 aliphatic carbocycles. The van der Waals surface area contributed by atoms with E-state index in [1.807, 2.05) is 41.3 Å². The van der Waals surface area contributed by atoms with Crippen LogP contribution in [0.25, 0.3) is 22.3 Å². The Kier molecular flexibility index (Phi) is 4.29. The van der Waals surface area contributed by atoms with E-state index >= 15 is 0 Å². The average Bonchev–Trinajstić information content (AvgIpc) is 2.71. The standard InChI is InChI=1S/C21H21N3O2/c1-23-18-8-4-3-7-17(18)22-19(21(23)26)15-9-11-16(12-10-15)20(25)24-13-5-2-6-14-24/h3-4,7-12H,2,5-6,13-14H2,1H3. The highest BCUT2D eigenvalue weighted by atomic mass is 16.2. The Morgan fingerprint density at radius 2 is 1.65 bits per heavy atom. The average molecular weight is 347 g/mol. The molecule has 0 saturated carbocycles. The summed E-state index contributed by atoms with van der Waals surface area (Å²) < 4.78 is 1.62. The van der Waals surface area contributed by atoms with E-state index in [0.29, 0.717) is 11.3 Å². The highest BCUT2D eigenvalue weighted by Gasteiger charge is 2.18. The van der Waals surface area contributed by atoms with Gasteiger partial charge in [0.1, 0.15) is 5.69 Å². The van der Waals surface area contributed by atoms with Gasteiger partial charge in [0.05, 0.1) is 11.0 Å². The molecule has 0 N–H and O–H groups in total. The number of benzene rings is 2.